The first-order chi connectivity index (χ1) is 10.2. The van der Waals surface area contributed by atoms with Crippen molar-refractivity contribution in [2.75, 3.05) is 7.11 Å². The largest absolute Gasteiger partial charge is 0.485 e. The van der Waals surface area contributed by atoms with Crippen LogP contribution in [0.1, 0.15) is 35.3 Å². The van der Waals surface area contributed by atoms with E-state index >= 15 is 0 Å². The number of benzene rings is 2. The lowest BCUT2D eigenvalue weighted by Gasteiger charge is -2.30. The fraction of sp³-hybridized carbons (Fsp3) is 0.294. The van der Waals surface area contributed by atoms with Crippen LogP contribution >= 0.6 is 0 Å². The van der Waals surface area contributed by atoms with Gasteiger partial charge in [-0.25, -0.2) is 4.39 Å². The van der Waals surface area contributed by atoms with Crippen LogP contribution in [-0.2, 0) is 11.3 Å². The second kappa shape index (κ2) is 5.84. The van der Waals surface area contributed by atoms with E-state index in [9.17, 15) is 4.39 Å². The molecule has 0 saturated carbocycles. The Kier molecular flexibility index (Phi) is 3.90. The molecule has 1 heterocycles. The third kappa shape index (κ3) is 2.91. The molecule has 0 saturated heterocycles. The van der Waals surface area contributed by atoms with Crippen LogP contribution in [0.15, 0.2) is 42.5 Å². The van der Waals surface area contributed by atoms with Crippen LogP contribution in [-0.4, -0.2) is 7.11 Å². The van der Waals surface area contributed by atoms with Gasteiger partial charge in [-0.1, -0.05) is 24.3 Å². The zero-order valence-electron chi connectivity index (χ0n) is 11.9. The van der Waals surface area contributed by atoms with Crippen molar-refractivity contribution in [3.05, 3.63) is 65.0 Å². The molecular weight excluding hydrogens is 269 g/mol. The van der Waals surface area contributed by atoms with E-state index < -0.39 is 0 Å². The number of ether oxygens (including phenoxy) is 2. The van der Waals surface area contributed by atoms with Crippen LogP contribution in [0, 0.1) is 5.82 Å². The second-order valence-corrected chi connectivity index (χ2v) is 5.31. The summed E-state index contributed by atoms with van der Waals surface area (Å²) in [6.45, 7) is 0.591. The molecule has 1 aliphatic rings. The molecule has 3 rings (SSSR count). The lowest BCUT2D eigenvalue weighted by atomic mass is 9.93. The highest BCUT2D eigenvalue weighted by molar-refractivity contribution is 5.39. The van der Waals surface area contributed by atoms with Crippen LogP contribution in [0.3, 0.4) is 0 Å². The molecule has 2 aromatic rings. The van der Waals surface area contributed by atoms with Gasteiger partial charge in [-0.05, 0) is 29.3 Å². The fourth-order valence-electron chi connectivity index (χ4n) is 2.67. The summed E-state index contributed by atoms with van der Waals surface area (Å²) in [5.41, 5.74) is 9.08. The summed E-state index contributed by atoms with van der Waals surface area (Å²) in [5.74, 6) is 0.385. The molecular formula is C17H18FNO2. The Hall–Kier alpha value is -1.91. The standard InChI is InChI=1S/C17H18FNO2/c1-20-10-11-2-4-12(5-3-11)17-9-15(19)14-8-13(18)6-7-16(14)21-17/h2-8,15,17H,9-10,19H2,1H3/t15-,17?/m1/s1. The quantitative estimate of drug-likeness (QED) is 0.939. The molecule has 0 aromatic heterocycles. The smallest absolute Gasteiger partial charge is 0.126 e. The van der Waals surface area contributed by atoms with E-state index in [1.807, 2.05) is 24.3 Å². The Morgan fingerprint density at radius 1 is 1.24 bits per heavy atom. The minimum Gasteiger partial charge on any atom is -0.485 e. The van der Waals surface area contributed by atoms with E-state index in [2.05, 4.69) is 0 Å². The number of hydrogen-bond acceptors (Lipinski definition) is 3. The highest BCUT2D eigenvalue weighted by Gasteiger charge is 2.27. The van der Waals surface area contributed by atoms with Gasteiger partial charge < -0.3 is 15.2 Å². The van der Waals surface area contributed by atoms with Gasteiger partial charge in [0.1, 0.15) is 17.7 Å². The molecule has 4 heteroatoms. The third-order valence-corrected chi connectivity index (χ3v) is 3.77. The van der Waals surface area contributed by atoms with E-state index in [1.54, 1.807) is 13.2 Å². The van der Waals surface area contributed by atoms with Crippen molar-refractivity contribution in [3.8, 4) is 5.75 Å². The molecule has 0 amide bonds. The van der Waals surface area contributed by atoms with Crippen molar-refractivity contribution in [1.29, 1.82) is 0 Å². The highest BCUT2D eigenvalue weighted by Crippen LogP contribution is 2.39. The molecule has 1 aliphatic heterocycles. The summed E-state index contributed by atoms with van der Waals surface area (Å²) in [6.07, 6.45) is 0.537. The highest BCUT2D eigenvalue weighted by atomic mass is 19.1. The van der Waals surface area contributed by atoms with Crippen molar-refractivity contribution in [2.45, 2.75) is 25.2 Å². The van der Waals surface area contributed by atoms with Gasteiger partial charge in [0, 0.05) is 25.1 Å². The van der Waals surface area contributed by atoms with Gasteiger partial charge in [-0.2, -0.15) is 0 Å². The number of hydrogen-bond donors (Lipinski definition) is 1. The van der Waals surface area contributed by atoms with E-state index in [0.717, 1.165) is 16.7 Å². The van der Waals surface area contributed by atoms with E-state index in [0.29, 0.717) is 18.8 Å². The van der Waals surface area contributed by atoms with E-state index in [-0.39, 0.29) is 18.0 Å². The minimum absolute atomic E-state index is 0.102. The maximum absolute atomic E-state index is 13.3. The predicted molar refractivity (Wildman–Crippen MR) is 78.5 cm³/mol. The number of methoxy groups -OCH3 is 1. The Labute approximate surface area is 123 Å². The zero-order valence-corrected chi connectivity index (χ0v) is 11.9. The van der Waals surface area contributed by atoms with Crippen molar-refractivity contribution < 1.29 is 13.9 Å². The molecule has 3 nitrogen and oxygen atoms in total. The van der Waals surface area contributed by atoms with Gasteiger partial charge in [0.2, 0.25) is 0 Å². The summed E-state index contributed by atoms with van der Waals surface area (Å²) in [7, 11) is 1.67. The number of fused-ring (bicyclic) bond motifs is 1. The number of nitrogens with two attached hydrogens (primary N) is 1. The molecule has 110 valence electrons. The van der Waals surface area contributed by atoms with Crippen LogP contribution in [0.25, 0.3) is 0 Å². The summed E-state index contributed by atoms with van der Waals surface area (Å²) < 4.78 is 24.3. The molecule has 21 heavy (non-hydrogen) atoms. The molecule has 0 bridgehead atoms. The summed E-state index contributed by atoms with van der Waals surface area (Å²) in [6, 6.07) is 12.4. The van der Waals surface area contributed by atoms with Crippen molar-refractivity contribution in [1.82, 2.24) is 0 Å². The summed E-state index contributed by atoms with van der Waals surface area (Å²) in [5, 5.41) is 0. The van der Waals surface area contributed by atoms with Crippen molar-refractivity contribution in [3.63, 3.8) is 0 Å². The maximum atomic E-state index is 13.3. The third-order valence-electron chi connectivity index (χ3n) is 3.77. The Morgan fingerprint density at radius 3 is 2.71 bits per heavy atom. The van der Waals surface area contributed by atoms with Crippen LogP contribution in [0.2, 0.25) is 0 Å². The Bertz CT molecular complexity index is 627. The number of halogens is 1. The predicted octanol–water partition coefficient (Wildman–Crippen LogP) is 3.50. The lowest BCUT2D eigenvalue weighted by molar-refractivity contribution is 0.161. The minimum atomic E-state index is -0.282. The second-order valence-electron chi connectivity index (χ2n) is 5.31. The zero-order chi connectivity index (χ0) is 14.8. The fourth-order valence-corrected chi connectivity index (χ4v) is 2.67. The maximum Gasteiger partial charge on any atom is 0.126 e. The Balaban J connectivity index is 1.83. The molecule has 0 radical (unpaired) electrons. The first kappa shape index (κ1) is 14.0. The van der Waals surface area contributed by atoms with Gasteiger partial charge in [0.05, 0.1) is 6.61 Å². The van der Waals surface area contributed by atoms with Crippen molar-refractivity contribution >= 4 is 0 Å². The van der Waals surface area contributed by atoms with E-state index in [4.69, 9.17) is 15.2 Å². The van der Waals surface area contributed by atoms with Crippen LogP contribution in [0.5, 0.6) is 5.75 Å². The topological polar surface area (TPSA) is 44.5 Å². The van der Waals surface area contributed by atoms with Gasteiger partial charge in [0.15, 0.2) is 0 Å². The van der Waals surface area contributed by atoms with E-state index in [1.165, 1.54) is 12.1 Å². The van der Waals surface area contributed by atoms with Gasteiger partial charge in [-0.15, -0.1) is 0 Å². The van der Waals surface area contributed by atoms with Gasteiger partial charge in [0.25, 0.3) is 0 Å². The first-order valence-electron chi connectivity index (χ1n) is 6.97. The monoisotopic (exact) mass is 287 g/mol. The average molecular weight is 287 g/mol. The first-order valence-corrected chi connectivity index (χ1v) is 6.97. The van der Waals surface area contributed by atoms with Crippen molar-refractivity contribution in [2.24, 2.45) is 5.73 Å². The molecule has 2 N–H and O–H groups in total. The SMILES string of the molecule is COCc1ccc(C2C[C@@H](N)c3cc(F)ccc3O2)cc1. The van der Waals surface area contributed by atoms with Crippen LogP contribution in [0.4, 0.5) is 4.39 Å². The molecule has 1 unspecified atom stereocenters. The lowest BCUT2D eigenvalue weighted by Crippen LogP contribution is -2.24. The van der Waals surface area contributed by atoms with Gasteiger partial charge >= 0.3 is 0 Å². The normalized spacial score (nSPS) is 20.7. The van der Waals surface area contributed by atoms with Gasteiger partial charge in [-0.3, -0.25) is 0 Å². The number of rotatable bonds is 3. The Morgan fingerprint density at radius 2 is 2.00 bits per heavy atom. The summed E-state index contributed by atoms with van der Waals surface area (Å²) >= 11 is 0. The summed E-state index contributed by atoms with van der Waals surface area (Å²) in [4.78, 5) is 0. The average Bonchev–Trinajstić information content (AvgIpc) is 2.49. The molecule has 0 fully saturated rings. The molecule has 0 spiro atoms. The molecule has 0 aliphatic carbocycles. The molecule has 2 atom stereocenters. The van der Waals surface area contributed by atoms with Crippen LogP contribution < -0.4 is 10.5 Å². The molecule has 2 aromatic carbocycles.